The molecule has 0 unspecified atom stereocenters. The lowest BCUT2D eigenvalue weighted by Crippen LogP contribution is -2.18. The molecule has 6 aromatic carbocycles. The Bertz CT molecular complexity index is 4020. The van der Waals surface area contributed by atoms with E-state index in [1.165, 1.54) is 86.8 Å². The van der Waals surface area contributed by atoms with Crippen LogP contribution in [0.4, 0.5) is 45.5 Å². The number of benzene rings is 6. The molecule has 30 heteroatoms. The minimum atomic E-state index is -3.77. The van der Waals surface area contributed by atoms with Gasteiger partial charge in [-0.25, -0.2) is 40.3 Å². The van der Waals surface area contributed by atoms with Crippen LogP contribution in [0.2, 0.25) is 0 Å². The summed E-state index contributed by atoms with van der Waals surface area (Å²) in [4.78, 5) is 58.5. The summed E-state index contributed by atoms with van der Waals surface area (Å²) in [6.07, 6.45) is 0. The van der Waals surface area contributed by atoms with E-state index in [-0.39, 0.29) is 55.9 Å². The maximum Gasteiger partial charge on any atom is 0.276 e. The number of hydrogen-bond donors (Lipinski definition) is 11. The molecule has 13 N–H and O–H groups in total. The number of hydrazone groups is 3. The number of nitro benzene ring substituents is 1. The van der Waals surface area contributed by atoms with Crippen LogP contribution in [-0.2, 0) is 55.0 Å². The van der Waals surface area contributed by atoms with Gasteiger partial charge in [-0.2, -0.15) is 15.3 Å². The summed E-state index contributed by atoms with van der Waals surface area (Å²) in [6, 6.07) is 25.9. The molecule has 0 aromatic heterocycles. The summed E-state index contributed by atoms with van der Waals surface area (Å²) in [7, 11) is -9.75. The molecule has 0 fully saturated rings. The molecular formula is C50H50N14O13S3. The van der Waals surface area contributed by atoms with E-state index in [4.69, 9.17) is 10.3 Å². The normalized spacial score (nSPS) is 14.8. The molecule has 416 valence electrons. The number of carbonyl (C=O) groups excluding carboxylic acids is 4. The molecule has 3 heterocycles. The van der Waals surface area contributed by atoms with Crippen LogP contribution in [0, 0.1) is 37.8 Å². The van der Waals surface area contributed by atoms with E-state index in [0.29, 0.717) is 50.7 Å². The molecule has 0 saturated heterocycles. The SMILES string of the molecule is CC(=O)Nc1cc2c(cc1O)NC(=O)C2=NNc1ccc(C)cc1CS(N)(=O)=O.CNS(=O)(=O)c1ccc(NN=C2C(=O)Nc3ccc([N+](=O)[O-])c(C)c32)cc1.Cc1cc2c(cc1C)C(=NNc1ccc(S(N)(=O)=O)cc1)C(=O)N2. The number of fused-ring (bicyclic) bond motifs is 3. The van der Waals surface area contributed by atoms with Crippen LogP contribution in [0.15, 0.2) is 128 Å². The van der Waals surface area contributed by atoms with Crippen molar-refractivity contribution in [1.82, 2.24) is 4.72 Å². The molecule has 0 saturated carbocycles. The van der Waals surface area contributed by atoms with Crippen molar-refractivity contribution in [1.29, 1.82) is 0 Å². The van der Waals surface area contributed by atoms with Gasteiger partial charge in [0.15, 0.2) is 17.1 Å². The van der Waals surface area contributed by atoms with Crippen LogP contribution < -0.4 is 52.5 Å². The molecule has 3 aliphatic heterocycles. The molecule has 6 aromatic rings. The number of aromatic hydroxyl groups is 1. The summed E-state index contributed by atoms with van der Waals surface area (Å²) >= 11 is 0. The van der Waals surface area contributed by atoms with Gasteiger partial charge < -0.3 is 26.4 Å². The number of phenols is 1. The van der Waals surface area contributed by atoms with Crippen molar-refractivity contribution in [3.63, 3.8) is 0 Å². The van der Waals surface area contributed by atoms with Crippen LogP contribution in [0.1, 0.15) is 51.4 Å². The topological polar surface area (TPSA) is 419 Å². The van der Waals surface area contributed by atoms with Gasteiger partial charge in [-0.1, -0.05) is 17.7 Å². The minimum absolute atomic E-state index is 0.00809. The number of nitrogens with one attached hydrogen (secondary N) is 8. The minimum Gasteiger partial charge on any atom is -0.506 e. The van der Waals surface area contributed by atoms with Crippen LogP contribution in [0.5, 0.6) is 5.75 Å². The molecule has 0 atom stereocenters. The molecule has 4 amide bonds. The average Bonchev–Trinajstić information content (AvgIpc) is 3.98. The number of nitrogens with two attached hydrogens (primary N) is 2. The first kappa shape index (κ1) is 58.2. The summed E-state index contributed by atoms with van der Waals surface area (Å²) < 4.78 is 71.1. The number of rotatable bonds is 13. The number of amides is 4. The van der Waals surface area contributed by atoms with Crippen molar-refractivity contribution < 1.29 is 54.5 Å². The van der Waals surface area contributed by atoms with E-state index in [1.807, 2.05) is 26.0 Å². The second-order valence-corrected chi connectivity index (χ2v) is 22.9. The summed E-state index contributed by atoms with van der Waals surface area (Å²) in [5, 5.41) is 54.0. The fourth-order valence-corrected chi connectivity index (χ4v) is 9.82. The van der Waals surface area contributed by atoms with Crippen molar-refractivity contribution in [2.75, 3.05) is 44.6 Å². The highest BCUT2D eigenvalue weighted by atomic mass is 32.2. The van der Waals surface area contributed by atoms with E-state index in [2.05, 4.69) is 57.6 Å². The first-order chi connectivity index (χ1) is 37.5. The highest BCUT2D eigenvalue weighted by Gasteiger charge is 2.32. The van der Waals surface area contributed by atoms with E-state index >= 15 is 0 Å². The Morgan fingerprint density at radius 2 is 1.15 bits per heavy atom. The van der Waals surface area contributed by atoms with Gasteiger partial charge in [-0.3, -0.25) is 45.6 Å². The number of phenolic OH excluding ortho intramolecular Hbond substituents is 1. The Labute approximate surface area is 457 Å². The zero-order valence-corrected chi connectivity index (χ0v) is 45.5. The molecular weight excluding hydrogens is 1100 g/mol. The summed E-state index contributed by atoms with van der Waals surface area (Å²) in [6.45, 7) is 8.58. The average molecular weight is 1150 g/mol. The van der Waals surface area contributed by atoms with Gasteiger partial charge in [0.25, 0.3) is 23.4 Å². The third kappa shape index (κ3) is 13.6. The lowest BCUT2D eigenvalue weighted by atomic mass is 10.0. The van der Waals surface area contributed by atoms with Gasteiger partial charge in [0.2, 0.25) is 36.0 Å². The zero-order chi connectivity index (χ0) is 58.6. The van der Waals surface area contributed by atoms with Crippen LogP contribution in [-0.4, -0.2) is 83.1 Å². The number of sulfonamides is 3. The van der Waals surface area contributed by atoms with E-state index in [0.717, 1.165) is 27.9 Å². The summed E-state index contributed by atoms with van der Waals surface area (Å²) in [5.41, 5.74) is 16.5. The number of nitro groups is 1. The van der Waals surface area contributed by atoms with Crippen molar-refractivity contribution in [3.05, 3.63) is 158 Å². The molecule has 0 aliphatic carbocycles. The quantitative estimate of drug-likeness (QED) is 0.0430. The lowest BCUT2D eigenvalue weighted by Gasteiger charge is -2.10. The van der Waals surface area contributed by atoms with Gasteiger partial charge in [-0.05, 0) is 130 Å². The van der Waals surface area contributed by atoms with Crippen molar-refractivity contribution in [3.8, 4) is 5.75 Å². The number of primary sulfonamides is 2. The zero-order valence-electron chi connectivity index (χ0n) is 43.0. The molecule has 3 aliphatic rings. The van der Waals surface area contributed by atoms with E-state index < -0.39 is 52.6 Å². The standard InChI is InChI=1S/C18H19N5O5S.C16H15N5O5S.C16H16N4O3S/c1-9-3-4-13(11(5-9)8-29(19,27)28)22-23-17-12-6-15(20-10(2)24)16(25)7-14(12)21-18(17)26;1-9-13(21(23)24)8-7-12-14(9)15(16(22)18-12)20-19-10-3-5-11(6-4-10)27(25,26)17-2;1-9-7-13-14(8-10(9)2)18-16(21)15(13)20-19-11-3-5-12(6-4-11)24(17,22)23/h3-7,22,25H,8H2,1-2H3,(H,20,24)(H2,19,27,28)(H,21,23,26);3-8,17,19H,1-2H3,(H,18,20,22);3-8,19H,1-2H3,(H2,17,22,23)(H,18,20,21). The van der Waals surface area contributed by atoms with Gasteiger partial charge in [-0.15, -0.1) is 0 Å². The Morgan fingerprint density at radius 3 is 1.70 bits per heavy atom. The van der Waals surface area contributed by atoms with Crippen molar-refractivity contribution in [2.45, 2.75) is 50.2 Å². The Balaban J connectivity index is 0.000000174. The first-order valence-electron chi connectivity index (χ1n) is 23.3. The lowest BCUT2D eigenvalue weighted by molar-refractivity contribution is -0.385. The van der Waals surface area contributed by atoms with Gasteiger partial charge in [0.05, 0.1) is 60.3 Å². The second kappa shape index (κ2) is 23.2. The number of nitrogens with zero attached hydrogens (tertiary/aromatic N) is 4. The molecule has 80 heavy (non-hydrogen) atoms. The van der Waals surface area contributed by atoms with Crippen molar-refractivity contribution in [2.24, 2.45) is 25.6 Å². The molecule has 27 nitrogen and oxygen atoms in total. The first-order valence-corrected chi connectivity index (χ1v) is 28.0. The van der Waals surface area contributed by atoms with E-state index in [1.54, 1.807) is 32.0 Å². The molecule has 0 radical (unpaired) electrons. The predicted octanol–water partition coefficient (Wildman–Crippen LogP) is 4.51. The van der Waals surface area contributed by atoms with Crippen LogP contribution in [0.25, 0.3) is 0 Å². The third-order valence-corrected chi connectivity index (χ3v) is 15.0. The largest absolute Gasteiger partial charge is 0.506 e. The molecule has 0 bridgehead atoms. The fraction of sp³-hybridized carbons (Fsp3) is 0.140. The Kier molecular flexibility index (Phi) is 16.9. The number of hydrogen-bond acceptors (Lipinski definition) is 19. The Hall–Kier alpha value is -9.46. The highest BCUT2D eigenvalue weighted by Crippen LogP contribution is 2.36. The molecule has 0 spiro atoms. The smallest absolute Gasteiger partial charge is 0.276 e. The monoisotopic (exact) mass is 1150 g/mol. The second-order valence-electron chi connectivity index (χ2n) is 17.8. The fourth-order valence-electron chi connectivity index (χ4n) is 7.90. The highest BCUT2D eigenvalue weighted by molar-refractivity contribution is 7.89. The third-order valence-electron chi connectivity index (χ3n) is 12.0. The van der Waals surface area contributed by atoms with Gasteiger partial charge >= 0.3 is 0 Å². The van der Waals surface area contributed by atoms with Crippen LogP contribution in [0.3, 0.4) is 0 Å². The van der Waals surface area contributed by atoms with Crippen LogP contribution >= 0.6 is 0 Å². The van der Waals surface area contributed by atoms with E-state index in [9.17, 15) is 59.7 Å². The predicted molar refractivity (Wildman–Crippen MR) is 301 cm³/mol. The maximum atomic E-state index is 12.3. The van der Waals surface area contributed by atoms with Gasteiger partial charge in [0.1, 0.15) is 5.75 Å². The van der Waals surface area contributed by atoms with Gasteiger partial charge in [0, 0.05) is 41.3 Å². The van der Waals surface area contributed by atoms with Crippen molar-refractivity contribution >= 4 is 116 Å². The number of anilines is 7. The maximum absolute atomic E-state index is 12.3. The Morgan fingerprint density at radius 1 is 0.637 bits per heavy atom. The molecule has 9 rings (SSSR count). The number of aryl methyl sites for hydroxylation is 3. The summed E-state index contributed by atoms with van der Waals surface area (Å²) in [5.74, 6) is -2.29. The number of carbonyl (C=O) groups is 4.